The molecule has 1 aliphatic carbocycles. The number of halogens is 1. The zero-order valence-electron chi connectivity index (χ0n) is 18.2. The number of urea groups is 1. The Balaban J connectivity index is 1.43. The lowest BCUT2D eigenvalue weighted by atomic mass is 9.80. The van der Waals surface area contributed by atoms with E-state index in [-0.39, 0.29) is 12.0 Å². The molecule has 1 unspecified atom stereocenters. The monoisotopic (exact) mass is 504 g/mol. The Hall–Kier alpha value is -2.46. The predicted molar refractivity (Wildman–Crippen MR) is 122 cm³/mol. The van der Waals surface area contributed by atoms with E-state index in [1.807, 2.05) is 31.3 Å². The van der Waals surface area contributed by atoms with Gasteiger partial charge in [0.25, 0.3) is 0 Å². The van der Waals surface area contributed by atoms with Crippen LogP contribution in [0.2, 0.25) is 0 Å². The first kappa shape index (κ1) is 22.7. The van der Waals surface area contributed by atoms with Gasteiger partial charge in [0.1, 0.15) is 5.54 Å². The summed E-state index contributed by atoms with van der Waals surface area (Å²) in [5.74, 6) is -0.0578. The molecule has 1 aliphatic heterocycles. The molecular weight excluding hydrogens is 476 g/mol. The van der Waals surface area contributed by atoms with Crippen molar-refractivity contribution in [3.63, 3.8) is 0 Å². The highest BCUT2D eigenvalue weighted by atomic mass is 79.9. The van der Waals surface area contributed by atoms with E-state index in [1.54, 1.807) is 9.58 Å². The van der Waals surface area contributed by atoms with Gasteiger partial charge in [-0.05, 0) is 43.5 Å². The fourth-order valence-corrected chi connectivity index (χ4v) is 5.31. The van der Waals surface area contributed by atoms with E-state index in [0.29, 0.717) is 39.0 Å². The molecule has 1 aromatic heterocycles. The standard InChI is InChI=1S/C22H29BrN6O3/c1-15-9-16(23)11-18(10-15)29-13-17(26-27-29)12-19-14-28(7-8-32-19)20(30)22(25-21(24)31)5-3-2-4-6-22/h9-11,13,19H,2-8,12,14H2,1H3,(H3,24,25,31). The number of hydrogen-bond acceptors (Lipinski definition) is 5. The van der Waals surface area contributed by atoms with Crippen LogP contribution in [0.5, 0.6) is 0 Å². The van der Waals surface area contributed by atoms with E-state index >= 15 is 0 Å². The molecule has 172 valence electrons. The fraction of sp³-hybridized carbons (Fsp3) is 0.545. The third-order valence-corrected chi connectivity index (χ3v) is 6.63. The number of ether oxygens (including phenoxy) is 1. The van der Waals surface area contributed by atoms with Crippen LogP contribution in [0.4, 0.5) is 4.79 Å². The molecule has 0 spiro atoms. The maximum atomic E-state index is 13.4. The van der Waals surface area contributed by atoms with Crippen LogP contribution < -0.4 is 11.1 Å². The van der Waals surface area contributed by atoms with Crippen molar-refractivity contribution in [2.75, 3.05) is 19.7 Å². The number of amides is 3. The molecule has 2 heterocycles. The summed E-state index contributed by atoms with van der Waals surface area (Å²) >= 11 is 3.52. The van der Waals surface area contributed by atoms with Crippen molar-refractivity contribution in [2.45, 2.75) is 57.1 Å². The number of benzene rings is 1. The SMILES string of the molecule is Cc1cc(Br)cc(-n2cc(CC3CN(C(=O)C4(NC(N)=O)CCCCC4)CCO3)nn2)c1. The Labute approximate surface area is 195 Å². The number of carbonyl (C=O) groups is 2. The third-order valence-electron chi connectivity index (χ3n) is 6.17. The third kappa shape index (κ3) is 5.12. The molecule has 1 saturated heterocycles. The maximum absolute atomic E-state index is 13.4. The quantitative estimate of drug-likeness (QED) is 0.648. The van der Waals surface area contributed by atoms with Crippen molar-refractivity contribution in [1.29, 1.82) is 0 Å². The van der Waals surface area contributed by atoms with Gasteiger partial charge >= 0.3 is 6.03 Å². The van der Waals surface area contributed by atoms with E-state index in [2.05, 4.69) is 31.6 Å². The Morgan fingerprint density at radius 2 is 2.06 bits per heavy atom. The smallest absolute Gasteiger partial charge is 0.313 e. The minimum atomic E-state index is -0.895. The average Bonchev–Trinajstić information content (AvgIpc) is 3.21. The zero-order chi connectivity index (χ0) is 22.7. The van der Waals surface area contributed by atoms with Crippen LogP contribution in [-0.2, 0) is 16.0 Å². The minimum absolute atomic E-state index is 0.0578. The summed E-state index contributed by atoms with van der Waals surface area (Å²) in [6, 6.07) is 5.41. The Morgan fingerprint density at radius 1 is 1.28 bits per heavy atom. The minimum Gasteiger partial charge on any atom is -0.374 e. The first-order valence-electron chi connectivity index (χ1n) is 11.0. The van der Waals surface area contributed by atoms with Crippen molar-refractivity contribution >= 4 is 27.9 Å². The van der Waals surface area contributed by atoms with Gasteiger partial charge in [0, 0.05) is 24.0 Å². The highest BCUT2D eigenvalue weighted by Crippen LogP contribution is 2.31. The molecule has 10 heteroatoms. The van der Waals surface area contributed by atoms with Crippen LogP contribution in [0, 0.1) is 6.92 Å². The first-order valence-corrected chi connectivity index (χ1v) is 11.8. The molecule has 1 saturated carbocycles. The number of aryl methyl sites for hydroxylation is 1. The van der Waals surface area contributed by atoms with Crippen molar-refractivity contribution in [1.82, 2.24) is 25.2 Å². The average molecular weight is 505 g/mol. The van der Waals surface area contributed by atoms with Crippen LogP contribution in [0.15, 0.2) is 28.9 Å². The lowest BCUT2D eigenvalue weighted by Crippen LogP contribution is -2.63. The number of nitrogens with zero attached hydrogens (tertiary/aromatic N) is 4. The summed E-state index contributed by atoms with van der Waals surface area (Å²) in [6.07, 6.45) is 6.37. The van der Waals surface area contributed by atoms with Gasteiger partial charge in [-0.25, -0.2) is 9.48 Å². The largest absolute Gasteiger partial charge is 0.374 e. The fourth-order valence-electron chi connectivity index (χ4n) is 4.71. The molecule has 2 aliphatic rings. The van der Waals surface area contributed by atoms with Crippen LogP contribution in [0.25, 0.3) is 5.69 Å². The summed E-state index contributed by atoms with van der Waals surface area (Å²) < 4.78 is 8.65. The van der Waals surface area contributed by atoms with Gasteiger partial charge in [-0.15, -0.1) is 5.10 Å². The summed E-state index contributed by atoms with van der Waals surface area (Å²) in [5, 5.41) is 11.3. The van der Waals surface area contributed by atoms with Gasteiger partial charge in [-0.2, -0.15) is 0 Å². The van der Waals surface area contributed by atoms with Crippen LogP contribution in [-0.4, -0.2) is 63.2 Å². The molecule has 1 atom stereocenters. The van der Waals surface area contributed by atoms with Crippen LogP contribution in [0.3, 0.4) is 0 Å². The Bertz CT molecular complexity index is 968. The molecule has 0 bridgehead atoms. The van der Waals surface area contributed by atoms with E-state index in [0.717, 1.165) is 40.7 Å². The van der Waals surface area contributed by atoms with Crippen molar-refractivity contribution < 1.29 is 14.3 Å². The van der Waals surface area contributed by atoms with Crippen LogP contribution >= 0.6 is 15.9 Å². The summed E-state index contributed by atoms with van der Waals surface area (Å²) in [4.78, 5) is 26.9. The normalized spacial score (nSPS) is 20.7. The van der Waals surface area contributed by atoms with Crippen molar-refractivity contribution in [3.05, 3.63) is 40.1 Å². The lowest BCUT2D eigenvalue weighted by Gasteiger charge is -2.42. The number of carbonyl (C=O) groups excluding carboxylic acids is 2. The molecule has 4 rings (SSSR count). The molecule has 32 heavy (non-hydrogen) atoms. The zero-order valence-corrected chi connectivity index (χ0v) is 19.8. The summed E-state index contributed by atoms with van der Waals surface area (Å²) in [5.41, 5.74) is 7.36. The lowest BCUT2D eigenvalue weighted by molar-refractivity contribution is -0.147. The Morgan fingerprint density at radius 3 is 2.78 bits per heavy atom. The van der Waals surface area contributed by atoms with Gasteiger partial charge in [-0.1, -0.05) is 40.4 Å². The van der Waals surface area contributed by atoms with Gasteiger partial charge in [0.15, 0.2) is 0 Å². The van der Waals surface area contributed by atoms with Crippen LogP contribution in [0.1, 0.15) is 43.4 Å². The second kappa shape index (κ2) is 9.58. The summed E-state index contributed by atoms with van der Waals surface area (Å²) in [6.45, 7) is 3.42. The summed E-state index contributed by atoms with van der Waals surface area (Å²) in [7, 11) is 0. The van der Waals surface area contributed by atoms with Crippen molar-refractivity contribution in [3.8, 4) is 5.69 Å². The van der Waals surface area contributed by atoms with Gasteiger partial charge in [0.2, 0.25) is 5.91 Å². The highest BCUT2D eigenvalue weighted by molar-refractivity contribution is 9.10. The molecule has 1 aromatic carbocycles. The van der Waals surface area contributed by atoms with E-state index in [9.17, 15) is 9.59 Å². The highest BCUT2D eigenvalue weighted by Gasteiger charge is 2.44. The van der Waals surface area contributed by atoms with E-state index in [1.165, 1.54) is 0 Å². The number of primary amides is 1. The van der Waals surface area contributed by atoms with Gasteiger partial charge in [-0.3, -0.25) is 4.79 Å². The first-order chi connectivity index (χ1) is 15.3. The number of rotatable bonds is 5. The molecule has 2 fully saturated rings. The number of aromatic nitrogens is 3. The maximum Gasteiger partial charge on any atom is 0.313 e. The molecule has 0 radical (unpaired) electrons. The number of nitrogens with two attached hydrogens (primary N) is 1. The number of morpholine rings is 1. The molecule has 3 N–H and O–H groups in total. The van der Waals surface area contributed by atoms with Gasteiger partial charge in [0.05, 0.1) is 30.3 Å². The molecule has 3 amide bonds. The number of nitrogens with one attached hydrogen (secondary N) is 1. The Kier molecular flexibility index (Phi) is 6.80. The van der Waals surface area contributed by atoms with E-state index < -0.39 is 11.6 Å². The predicted octanol–water partition coefficient (Wildman–Crippen LogP) is 2.48. The van der Waals surface area contributed by atoms with E-state index in [4.69, 9.17) is 10.5 Å². The molecule has 2 aromatic rings. The van der Waals surface area contributed by atoms with Gasteiger partial charge < -0.3 is 20.7 Å². The topological polar surface area (TPSA) is 115 Å². The van der Waals surface area contributed by atoms with Crippen molar-refractivity contribution in [2.24, 2.45) is 5.73 Å². The second-order valence-electron chi connectivity index (χ2n) is 8.72. The molecular formula is C22H29BrN6O3. The number of hydrogen-bond donors (Lipinski definition) is 2. The second-order valence-corrected chi connectivity index (χ2v) is 9.64. The molecule has 9 nitrogen and oxygen atoms in total.